The summed E-state index contributed by atoms with van der Waals surface area (Å²) in [6, 6.07) is -0.0501. The SMILES string of the molecule is CC(C)(C)OC(=O)CC(C#CCN)N1CCCC1. The number of esters is 1. The van der Waals surface area contributed by atoms with Gasteiger partial charge in [0, 0.05) is 0 Å². The van der Waals surface area contributed by atoms with E-state index in [1.807, 2.05) is 20.8 Å². The Bertz CT molecular complexity index is 330. The molecule has 18 heavy (non-hydrogen) atoms. The normalized spacial score (nSPS) is 18.0. The zero-order valence-electron chi connectivity index (χ0n) is 11.7. The molecule has 102 valence electrons. The molecule has 0 radical (unpaired) electrons. The summed E-state index contributed by atoms with van der Waals surface area (Å²) >= 11 is 0. The molecule has 2 N–H and O–H groups in total. The van der Waals surface area contributed by atoms with Crippen LogP contribution in [0.3, 0.4) is 0 Å². The maximum atomic E-state index is 11.8. The van der Waals surface area contributed by atoms with Crippen molar-refractivity contribution in [3.05, 3.63) is 0 Å². The molecule has 1 fully saturated rings. The fraction of sp³-hybridized carbons (Fsp3) is 0.786. The summed E-state index contributed by atoms with van der Waals surface area (Å²) in [5.74, 6) is 5.76. The predicted octanol–water partition coefficient (Wildman–Crippen LogP) is 1.14. The van der Waals surface area contributed by atoms with Crippen molar-refractivity contribution in [2.45, 2.75) is 51.7 Å². The Morgan fingerprint density at radius 3 is 2.50 bits per heavy atom. The molecule has 1 aliphatic rings. The van der Waals surface area contributed by atoms with Crippen molar-refractivity contribution in [1.82, 2.24) is 4.90 Å². The minimum absolute atomic E-state index is 0.0501. The first-order chi connectivity index (χ1) is 8.42. The summed E-state index contributed by atoms with van der Waals surface area (Å²) < 4.78 is 5.34. The van der Waals surface area contributed by atoms with Crippen LogP contribution in [0.1, 0.15) is 40.0 Å². The van der Waals surface area contributed by atoms with Gasteiger partial charge in [-0.2, -0.15) is 0 Å². The first-order valence-corrected chi connectivity index (χ1v) is 6.57. The fourth-order valence-corrected chi connectivity index (χ4v) is 2.04. The number of ether oxygens (including phenoxy) is 1. The number of likely N-dealkylation sites (tertiary alicyclic amines) is 1. The lowest BCUT2D eigenvalue weighted by Gasteiger charge is -2.25. The molecule has 1 unspecified atom stereocenters. The molecular weight excluding hydrogens is 228 g/mol. The van der Waals surface area contributed by atoms with Crippen molar-refractivity contribution in [1.29, 1.82) is 0 Å². The second-order valence-corrected chi connectivity index (χ2v) is 5.57. The van der Waals surface area contributed by atoms with Crippen LogP contribution in [0.25, 0.3) is 0 Å². The predicted molar refractivity (Wildman–Crippen MR) is 71.9 cm³/mol. The largest absolute Gasteiger partial charge is 0.460 e. The number of nitrogens with zero attached hydrogens (tertiary/aromatic N) is 1. The van der Waals surface area contributed by atoms with Gasteiger partial charge in [0.05, 0.1) is 19.0 Å². The second-order valence-electron chi connectivity index (χ2n) is 5.57. The van der Waals surface area contributed by atoms with Crippen molar-refractivity contribution < 1.29 is 9.53 Å². The molecule has 0 aromatic carbocycles. The van der Waals surface area contributed by atoms with E-state index in [2.05, 4.69) is 16.7 Å². The van der Waals surface area contributed by atoms with E-state index in [9.17, 15) is 4.79 Å². The van der Waals surface area contributed by atoms with Gasteiger partial charge in [0.2, 0.25) is 0 Å². The van der Waals surface area contributed by atoms with E-state index in [-0.39, 0.29) is 12.0 Å². The highest BCUT2D eigenvalue weighted by atomic mass is 16.6. The average Bonchev–Trinajstić information content (AvgIpc) is 2.74. The van der Waals surface area contributed by atoms with E-state index in [4.69, 9.17) is 10.5 Å². The van der Waals surface area contributed by atoms with Crippen molar-refractivity contribution >= 4 is 5.97 Å². The standard InChI is InChI=1S/C14H24N2O2/c1-14(2,3)18-13(17)11-12(7-6-8-15)16-9-4-5-10-16/h12H,4-5,8-11,15H2,1-3H3. The van der Waals surface area contributed by atoms with E-state index < -0.39 is 5.60 Å². The topological polar surface area (TPSA) is 55.6 Å². The van der Waals surface area contributed by atoms with Gasteiger partial charge in [0.15, 0.2) is 0 Å². The molecule has 1 atom stereocenters. The number of rotatable bonds is 3. The van der Waals surface area contributed by atoms with Crippen LogP contribution >= 0.6 is 0 Å². The molecule has 1 aliphatic heterocycles. The Hall–Kier alpha value is -1.05. The molecule has 4 heteroatoms. The first kappa shape index (κ1) is 15.0. The highest BCUT2D eigenvalue weighted by molar-refractivity contribution is 5.71. The van der Waals surface area contributed by atoms with Crippen molar-refractivity contribution in [2.75, 3.05) is 19.6 Å². The Morgan fingerprint density at radius 1 is 1.39 bits per heavy atom. The molecular formula is C14H24N2O2. The van der Waals surface area contributed by atoms with Gasteiger partial charge in [0.25, 0.3) is 0 Å². The minimum Gasteiger partial charge on any atom is -0.460 e. The summed E-state index contributed by atoms with van der Waals surface area (Å²) in [5, 5.41) is 0. The average molecular weight is 252 g/mol. The van der Waals surface area contributed by atoms with Crippen molar-refractivity contribution in [3.8, 4) is 11.8 Å². The number of nitrogens with two attached hydrogens (primary N) is 1. The highest BCUT2D eigenvalue weighted by Crippen LogP contribution is 2.16. The molecule has 4 nitrogen and oxygen atoms in total. The van der Waals surface area contributed by atoms with Gasteiger partial charge in [-0.3, -0.25) is 9.69 Å². The zero-order chi connectivity index (χ0) is 13.6. The van der Waals surface area contributed by atoms with Crippen LogP contribution in [-0.4, -0.2) is 42.1 Å². The monoisotopic (exact) mass is 252 g/mol. The number of carbonyl (C=O) groups excluding carboxylic acids is 1. The van der Waals surface area contributed by atoms with E-state index in [0.717, 1.165) is 13.1 Å². The van der Waals surface area contributed by atoms with Crippen LogP contribution in [-0.2, 0) is 9.53 Å². The number of hydrogen-bond donors (Lipinski definition) is 1. The fourth-order valence-electron chi connectivity index (χ4n) is 2.04. The van der Waals surface area contributed by atoms with Crippen LogP contribution < -0.4 is 5.73 Å². The Kier molecular flexibility index (Phi) is 5.64. The molecule has 0 aromatic rings. The lowest BCUT2D eigenvalue weighted by Crippen LogP contribution is -2.35. The molecule has 0 aliphatic carbocycles. The van der Waals surface area contributed by atoms with E-state index in [1.54, 1.807) is 0 Å². The van der Waals surface area contributed by atoms with Crippen molar-refractivity contribution in [3.63, 3.8) is 0 Å². The maximum absolute atomic E-state index is 11.8. The van der Waals surface area contributed by atoms with E-state index in [0.29, 0.717) is 13.0 Å². The second kappa shape index (κ2) is 6.77. The Labute approximate surface area is 110 Å². The molecule has 1 rings (SSSR count). The third-order valence-electron chi connectivity index (χ3n) is 2.73. The van der Waals surface area contributed by atoms with Gasteiger partial charge in [-0.25, -0.2) is 0 Å². The Balaban J connectivity index is 2.58. The van der Waals surface area contributed by atoms with Gasteiger partial charge in [-0.1, -0.05) is 11.8 Å². The van der Waals surface area contributed by atoms with Gasteiger partial charge >= 0.3 is 5.97 Å². The quantitative estimate of drug-likeness (QED) is 0.604. The summed E-state index contributed by atoms with van der Waals surface area (Å²) in [7, 11) is 0. The van der Waals surface area contributed by atoms with Gasteiger partial charge < -0.3 is 10.5 Å². The number of hydrogen-bond acceptors (Lipinski definition) is 4. The third kappa shape index (κ3) is 5.52. The highest BCUT2D eigenvalue weighted by Gasteiger charge is 2.25. The first-order valence-electron chi connectivity index (χ1n) is 6.57. The molecule has 0 saturated carbocycles. The molecule has 1 heterocycles. The van der Waals surface area contributed by atoms with Gasteiger partial charge in [0.1, 0.15) is 5.60 Å². The van der Waals surface area contributed by atoms with Crippen LogP contribution in [0.2, 0.25) is 0 Å². The smallest absolute Gasteiger partial charge is 0.308 e. The minimum atomic E-state index is -0.437. The maximum Gasteiger partial charge on any atom is 0.308 e. The summed E-state index contributed by atoms with van der Waals surface area (Å²) in [5.41, 5.74) is 4.96. The summed E-state index contributed by atoms with van der Waals surface area (Å²) in [6.45, 7) is 7.97. The van der Waals surface area contributed by atoms with Gasteiger partial charge in [-0.15, -0.1) is 0 Å². The molecule has 0 amide bonds. The van der Waals surface area contributed by atoms with Crippen LogP contribution in [0.5, 0.6) is 0 Å². The van der Waals surface area contributed by atoms with E-state index >= 15 is 0 Å². The molecule has 1 saturated heterocycles. The zero-order valence-corrected chi connectivity index (χ0v) is 11.7. The summed E-state index contributed by atoms with van der Waals surface area (Å²) in [4.78, 5) is 14.1. The van der Waals surface area contributed by atoms with Crippen LogP contribution in [0, 0.1) is 11.8 Å². The molecule has 0 spiro atoms. The van der Waals surface area contributed by atoms with Gasteiger partial charge in [-0.05, 0) is 46.7 Å². The van der Waals surface area contributed by atoms with E-state index in [1.165, 1.54) is 12.8 Å². The number of carbonyl (C=O) groups is 1. The van der Waals surface area contributed by atoms with Crippen LogP contribution in [0.15, 0.2) is 0 Å². The lowest BCUT2D eigenvalue weighted by atomic mass is 10.1. The third-order valence-corrected chi connectivity index (χ3v) is 2.73. The molecule has 0 bridgehead atoms. The molecule has 0 aromatic heterocycles. The lowest BCUT2D eigenvalue weighted by molar-refractivity contribution is -0.155. The van der Waals surface area contributed by atoms with Crippen LogP contribution in [0.4, 0.5) is 0 Å². The summed E-state index contributed by atoms with van der Waals surface area (Å²) in [6.07, 6.45) is 2.68. The van der Waals surface area contributed by atoms with Crippen molar-refractivity contribution in [2.24, 2.45) is 5.73 Å². The Morgan fingerprint density at radius 2 is 2.00 bits per heavy atom.